The van der Waals surface area contributed by atoms with Crippen LogP contribution < -0.4 is 10.6 Å². The van der Waals surface area contributed by atoms with Crippen molar-refractivity contribution in [2.75, 3.05) is 0 Å². The average molecular weight is 330 g/mol. The number of hydrogen-bond acceptors (Lipinski definition) is 4. The molecule has 6 nitrogen and oxygen atoms in total. The number of nitrogens with one attached hydrogen (secondary N) is 2. The molecule has 1 aromatic carbocycles. The zero-order valence-electron chi connectivity index (χ0n) is 15.2. The third-order valence-corrected chi connectivity index (χ3v) is 3.89. The summed E-state index contributed by atoms with van der Waals surface area (Å²) in [5.41, 5.74) is 2.44. The zero-order chi connectivity index (χ0) is 17.9. The van der Waals surface area contributed by atoms with Gasteiger partial charge in [-0.2, -0.15) is 4.98 Å². The number of aromatic nitrogens is 2. The van der Waals surface area contributed by atoms with Crippen molar-refractivity contribution >= 4 is 6.03 Å². The Bertz CT molecular complexity index is 686. The lowest BCUT2D eigenvalue weighted by molar-refractivity contribution is 0.231. The summed E-state index contributed by atoms with van der Waals surface area (Å²) in [4.78, 5) is 16.2. The molecule has 0 aliphatic heterocycles. The van der Waals surface area contributed by atoms with Crippen LogP contribution in [0.3, 0.4) is 0 Å². The van der Waals surface area contributed by atoms with Crippen LogP contribution in [0, 0.1) is 6.92 Å². The molecule has 2 unspecified atom stereocenters. The summed E-state index contributed by atoms with van der Waals surface area (Å²) in [5, 5.41) is 9.45. The highest BCUT2D eigenvalue weighted by atomic mass is 16.5. The van der Waals surface area contributed by atoms with Crippen molar-refractivity contribution in [3.63, 3.8) is 0 Å². The van der Waals surface area contributed by atoms with Gasteiger partial charge in [0.1, 0.15) is 6.04 Å². The highest BCUT2D eigenvalue weighted by Crippen LogP contribution is 2.23. The number of carbonyl (C=O) groups excluding carboxylic acids is 1. The fraction of sp³-hybridized carbons (Fsp3) is 0.500. The molecule has 6 heteroatoms. The van der Waals surface area contributed by atoms with Crippen molar-refractivity contribution in [3.05, 3.63) is 47.1 Å². The number of carbonyl (C=O) groups is 1. The third kappa shape index (κ3) is 4.57. The molecule has 0 spiro atoms. The number of benzene rings is 1. The van der Waals surface area contributed by atoms with Crippen molar-refractivity contribution in [1.29, 1.82) is 0 Å². The van der Waals surface area contributed by atoms with Gasteiger partial charge in [0.15, 0.2) is 5.82 Å². The van der Waals surface area contributed by atoms with Gasteiger partial charge in [-0.15, -0.1) is 0 Å². The summed E-state index contributed by atoms with van der Waals surface area (Å²) < 4.78 is 5.06. The Hall–Kier alpha value is -2.37. The minimum absolute atomic E-state index is 0.101. The van der Waals surface area contributed by atoms with E-state index in [4.69, 9.17) is 4.52 Å². The van der Waals surface area contributed by atoms with Crippen LogP contribution in [0.1, 0.15) is 69.5 Å². The Morgan fingerprint density at radius 1 is 1.08 bits per heavy atom. The van der Waals surface area contributed by atoms with E-state index < -0.39 is 0 Å². The maximum absolute atomic E-state index is 12.1. The molecule has 0 saturated heterocycles. The van der Waals surface area contributed by atoms with Crippen molar-refractivity contribution < 1.29 is 9.32 Å². The molecule has 0 aliphatic carbocycles. The second-order valence-electron chi connectivity index (χ2n) is 7.11. The van der Waals surface area contributed by atoms with Crippen LogP contribution in [-0.4, -0.2) is 16.2 Å². The van der Waals surface area contributed by atoms with Crippen LogP contribution in [0.5, 0.6) is 0 Å². The quantitative estimate of drug-likeness (QED) is 0.893. The largest absolute Gasteiger partial charge is 0.337 e. The number of amides is 2. The second kappa shape index (κ2) is 7.03. The minimum atomic E-state index is -0.346. The van der Waals surface area contributed by atoms with Crippen LogP contribution in [-0.2, 0) is 5.41 Å². The maximum Gasteiger partial charge on any atom is 0.315 e. The van der Waals surface area contributed by atoms with Crippen molar-refractivity contribution in [2.24, 2.45) is 0 Å². The van der Waals surface area contributed by atoms with Crippen LogP contribution in [0.2, 0.25) is 0 Å². The van der Waals surface area contributed by atoms with E-state index in [2.05, 4.69) is 65.8 Å². The van der Waals surface area contributed by atoms with E-state index in [0.717, 1.165) is 5.56 Å². The molecule has 0 saturated carbocycles. The molecule has 2 N–H and O–H groups in total. The molecule has 1 aromatic heterocycles. The van der Waals surface area contributed by atoms with E-state index in [-0.39, 0.29) is 23.5 Å². The molecule has 2 atom stereocenters. The predicted octanol–water partition coefficient (Wildman–Crippen LogP) is 3.80. The lowest BCUT2D eigenvalue weighted by Crippen LogP contribution is -2.38. The topological polar surface area (TPSA) is 80.0 Å². The van der Waals surface area contributed by atoms with Gasteiger partial charge in [-0.1, -0.05) is 50.2 Å². The van der Waals surface area contributed by atoms with Gasteiger partial charge < -0.3 is 15.2 Å². The van der Waals surface area contributed by atoms with E-state index in [1.807, 2.05) is 6.92 Å². The number of rotatable bonds is 4. The summed E-state index contributed by atoms with van der Waals surface area (Å²) in [6, 6.07) is 7.60. The van der Waals surface area contributed by atoms with Crippen LogP contribution in [0.4, 0.5) is 4.79 Å². The van der Waals surface area contributed by atoms with Gasteiger partial charge in [-0.05, 0) is 37.3 Å². The van der Waals surface area contributed by atoms with E-state index in [1.54, 1.807) is 13.8 Å². The minimum Gasteiger partial charge on any atom is -0.337 e. The number of aryl methyl sites for hydroxylation is 1. The van der Waals surface area contributed by atoms with Gasteiger partial charge in [0.2, 0.25) is 5.89 Å². The summed E-state index contributed by atoms with van der Waals surface area (Å²) in [6.45, 7) is 12.0. The molecular weight excluding hydrogens is 304 g/mol. The van der Waals surface area contributed by atoms with Crippen LogP contribution in [0.25, 0.3) is 0 Å². The fourth-order valence-electron chi connectivity index (χ4n) is 2.34. The molecular formula is C18H26N4O2. The first-order chi connectivity index (χ1) is 11.2. The normalized spacial score (nSPS) is 14.1. The highest BCUT2D eigenvalue weighted by molar-refractivity contribution is 5.74. The first-order valence-corrected chi connectivity index (χ1v) is 8.14. The maximum atomic E-state index is 12.1. The zero-order valence-corrected chi connectivity index (χ0v) is 15.2. The van der Waals surface area contributed by atoms with E-state index in [1.165, 1.54) is 5.56 Å². The summed E-state index contributed by atoms with van der Waals surface area (Å²) >= 11 is 0. The first-order valence-electron chi connectivity index (χ1n) is 8.14. The number of nitrogens with zero attached hydrogens (tertiary/aromatic N) is 2. The summed E-state index contributed by atoms with van der Waals surface area (Å²) in [6.07, 6.45) is 0. The molecule has 0 fully saturated rings. The Morgan fingerprint density at radius 2 is 1.67 bits per heavy atom. The molecule has 2 amide bonds. The van der Waals surface area contributed by atoms with E-state index >= 15 is 0 Å². The van der Waals surface area contributed by atoms with Gasteiger partial charge in [-0.3, -0.25) is 0 Å². The Kier molecular flexibility index (Phi) is 5.26. The van der Waals surface area contributed by atoms with E-state index in [0.29, 0.717) is 11.7 Å². The average Bonchev–Trinajstić information content (AvgIpc) is 2.93. The summed E-state index contributed by atoms with van der Waals surface area (Å²) in [7, 11) is 0. The van der Waals surface area contributed by atoms with Gasteiger partial charge >= 0.3 is 6.03 Å². The van der Waals surface area contributed by atoms with Gasteiger partial charge in [-0.25, -0.2) is 4.79 Å². The molecule has 2 rings (SSSR count). The highest BCUT2D eigenvalue weighted by Gasteiger charge is 2.18. The molecule has 130 valence electrons. The van der Waals surface area contributed by atoms with Crippen molar-refractivity contribution in [3.8, 4) is 0 Å². The summed E-state index contributed by atoms with van der Waals surface area (Å²) in [5.74, 6) is 0.941. The number of hydrogen-bond donors (Lipinski definition) is 2. The monoisotopic (exact) mass is 330 g/mol. The molecule has 1 heterocycles. The molecule has 0 bridgehead atoms. The van der Waals surface area contributed by atoms with Crippen LogP contribution in [0.15, 0.2) is 28.8 Å². The van der Waals surface area contributed by atoms with Crippen molar-refractivity contribution in [1.82, 2.24) is 20.8 Å². The SMILES string of the molecule is Cc1noc(C(C)NC(=O)NC(C)c2ccc(C(C)(C)C)cc2)n1. The Labute approximate surface area is 143 Å². The standard InChI is InChI=1S/C18H26N4O2/c1-11(14-7-9-15(10-8-14)18(4,5)6)19-17(23)20-12(2)16-21-13(3)22-24-16/h7-12H,1-6H3,(H2,19,20,23). The van der Waals surface area contributed by atoms with Crippen LogP contribution >= 0.6 is 0 Å². The third-order valence-electron chi connectivity index (χ3n) is 3.89. The Morgan fingerprint density at radius 3 is 2.17 bits per heavy atom. The first kappa shape index (κ1) is 18.0. The van der Waals surface area contributed by atoms with Gasteiger partial charge in [0.05, 0.1) is 6.04 Å². The van der Waals surface area contributed by atoms with Gasteiger partial charge in [0.25, 0.3) is 0 Å². The van der Waals surface area contributed by atoms with Crippen molar-refractivity contribution in [2.45, 2.75) is 59.0 Å². The molecule has 2 aromatic rings. The molecule has 24 heavy (non-hydrogen) atoms. The lowest BCUT2D eigenvalue weighted by atomic mass is 9.86. The fourth-order valence-corrected chi connectivity index (χ4v) is 2.34. The Balaban J connectivity index is 1.93. The van der Waals surface area contributed by atoms with E-state index in [9.17, 15) is 4.79 Å². The second-order valence-corrected chi connectivity index (χ2v) is 7.11. The lowest BCUT2D eigenvalue weighted by Gasteiger charge is -2.21. The smallest absolute Gasteiger partial charge is 0.315 e. The predicted molar refractivity (Wildman–Crippen MR) is 92.7 cm³/mol. The molecule has 0 aliphatic rings. The number of urea groups is 1. The molecule has 0 radical (unpaired) electrons. The van der Waals surface area contributed by atoms with Gasteiger partial charge in [0, 0.05) is 0 Å².